The number of amides is 2. The van der Waals surface area contributed by atoms with Crippen LogP contribution < -0.4 is 20.3 Å². The fourth-order valence-corrected chi connectivity index (χ4v) is 6.67. The summed E-state index contributed by atoms with van der Waals surface area (Å²) in [5.74, 6) is -0.424. The lowest BCUT2D eigenvalue weighted by Crippen LogP contribution is -2.48. The molecule has 2 amide bonds. The Labute approximate surface area is 239 Å². The number of pyridine rings is 1. The van der Waals surface area contributed by atoms with E-state index >= 15 is 0 Å². The van der Waals surface area contributed by atoms with Gasteiger partial charge in [-0.3, -0.25) is 14.4 Å². The van der Waals surface area contributed by atoms with Gasteiger partial charge in [0.2, 0.25) is 5.91 Å². The van der Waals surface area contributed by atoms with Gasteiger partial charge in [-0.1, -0.05) is 18.5 Å². The molecule has 1 aromatic heterocycles. The Kier molecular flexibility index (Phi) is 7.65. The maximum atomic E-state index is 13.7. The largest absolute Gasteiger partial charge is 0.448 e. The van der Waals surface area contributed by atoms with E-state index in [1.807, 2.05) is 33.8 Å². The minimum atomic E-state index is -0.984. The van der Waals surface area contributed by atoms with E-state index < -0.39 is 11.9 Å². The number of ether oxygens (including phenoxy) is 2. The molecule has 0 radical (unpaired) electrons. The molecule has 0 bridgehead atoms. The average molecular weight is 572 g/mol. The summed E-state index contributed by atoms with van der Waals surface area (Å²) in [5, 5.41) is 13.2. The van der Waals surface area contributed by atoms with E-state index in [9.17, 15) is 19.5 Å². The fraction of sp³-hybridized carbons (Fsp3) is 0.567. The Bertz CT molecular complexity index is 1410. The number of hydrogen-bond donors (Lipinski definition) is 3. The third-order valence-electron chi connectivity index (χ3n) is 8.78. The van der Waals surface area contributed by atoms with Crippen molar-refractivity contribution in [2.75, 3.05) is 6.54 Å². The highest BCUT2D eigenvalue weighted by Gasteiger charge is 2.48. The SMILES string of the molecule is CC[C@H](O)C(=O)NC1CCC(C2(C)Oc3c(C)c4c(c(Cl)c3O2)CCN(Cc2c(C)cc(C)[nH]c2=O)C4=O)CC1. The predicted molar refractivity (Wildman–Crippen MR) is 151 cm³/mol. The maximum absolute atomic E-state index is 13.7. The molecule has 3 N–H and O–H groups in total. The first-order valence-corrected chi connectivity index (χ1v) is 14.5. The van der Waals surface area contributed by atoms with Gasteiger partial charge in [-0.15, -0.1) is 0 Å². The van der Waals surface area contributed by atoms with Crippen molar-refractivity contribution in [2.45, 2.75) is 97.6 Å². The van der Waals surface area contributed by atoms with Gasteiger partial charge >= 0.3 is 0 Å². The number of H-pyrrole nitrogens is 1. The van der Waals surface area contributed by atoms with Crippen LogP contribution >= 0.6 is 11.6 Å². The van der Waals surface area contributed by atoms with Gasteiger partial charge in [0.15, 0.2) is 11.5 Å². The number of carbonyl (C=O) groups excluding carboxylic acids is 2. The summed E-state index contributed by atoms with van der Waals surface area (Å²) in [4.78, 5) is 43.0. The van der Waals surface area contributed by atoms with E-state index in [1.165, 1.54) is 0 Å². The molecule has 1 aromatic carbocycles. The van der Waals surface area contributed by atoms with Gasteiger partial charge in [0.1, 0.15) is 6.10 Å². The summed E-state index contributed by atoms with van der Waals surface area (Å²) >= 11 is 6.87. The van der Waals surface area contributed by atoms with Crippen molar-refractivity contribution in [3.05, 3.63) is 55.0 Å². The molecule has 1 aliphatic carbocycles. The van der Waals surface area contributed by atoms with Crippen LogP contribution in [0.1, 0.15) is 84.3 Å². The zero-order chi connectivity index (χ0) is 28.9. The molecule has 3 aliphatic rings. The summed E-state index contributed by atoms with van der Waals surface area (Å²) in [6.45, 7) is 9.93. The Morgan fingerprint density at radius 1 is 1.20 bits per heavy atom. The first kappa shape index (κ1) is 28.5. The van der Waals surface area contributed by atoms with Crippen LogP contribution in [0.2, 0.25) is 5.02 Å². The second-order valence-electron chi connectivity index (χ2n) is 11.6. The first-order valence-electron chi connectivity index (χ1n) is 14.1. The molecule has 9 nitrogen and oxygen atoms in total. The molecule has 1 saturated carbocycles. The molecule has 5 rings (SSSR count). The number of aromatic nitrogens is 1. The first-order chi connectivity index (χ1) is 18.9. The Morgan fingerprint density at radius 3 is 2.52 bits per heavy atom. The second-order valence-corrected chi connectivity index (χ2v) is 11.9. The van der Waals surface area contributed by atoms with Gasteiger partial charge in [0.25, 0.3) is 17.3 Å². The topological polar surface area (TPSA) is 121 Å². The van der Waals surface area contributed by atoms with E-state index in [0.717, 1.165) is 42.5 Å². The zero-order valence-corrected chi connectivity index (χ0v) is 24.5. The number of rotatable bonds is 6. The van der Waals surface area contributed by atoms with Crippen molar-refractivity contribution < 1.29 is 24.2 Å². The number of benzene rings is 1. The average Bonchev–Trinajstić information content (AvgIpc) is 3.29. The molecule has 1 unspecified atom stereocenters. The minimum Gasteiger partial charge on any atom is -0.448 e. The summed E-state index contributed by atoms with van der Waals surface area (Å²) in [6.07, 6.45) is 2.98. The zero-order valence-electron chi connectivity index (χ0n) is 23.8. The monoisotopic (exact) mass is 571 g/mol. The van der Waals surface area contributed by atoms with Crippen LogP contribution in [0.25, 0.3) is 0 Å². The smallest absolute Gasteiger partial charge is 0.254 e. The third kappa shape index (κ3) is 4.98. The Balaban J connectivity index is 1.34. The van der Waals surface area contributed by atoms with Crippen molar-refractivity contribution in [3.8, 4) is 11.5 Å². The quantitative estimate of drug-likeness (QED) is 0.480. The van der Waals surface area contributed by atoms with Crippen LogP contribution in [-0.2, 0) is 17.8 Å². The van der Waals surface area contributed by atoms with Gasteiger partial charge in [-0.25, -0.2) is 0 Å². The van der Waals surface area contributed by atoms with Crippen molar-refractivity contribution in [3.63, 3.8) is 0 Å². The highest BCUT2D eigenvalue weighted by Crippen LogP contribution is 2.53. The van der Waals surface area contributed by atoms with E-state index in [2.05, 4.69) is 10.3 Å². The van der Waals surface area contributed by atoms with Crippen molar-refractivity contribution in [1.82, 2.24) is 15.2 Å². The van der Waals surface area contributed by atoms with Crippen LogP contribution in [0.4, 0.5) is 0 Å². The van der Waals surface area contributed by atoms with E-state index in [1.54, 1.807) is 11.8 Å². The number of aliphatic hydroxyl groups is 1. The van der Waals surface area contributed by atoms with Crippen LogP contribution in [0.15, 0.2) is 10.9 Å². The van der Waals surface area contributed by atoms with Gasteiger partial charge < -0.3 is 29.8 Å². The fourth-order valence-electron chi connectivity index (χ4n) is 6.36. The molecule has 0 spiro atoms. The highest BCUT2D eigenvalue weighted by atomic mass is 35.5. The van der Waals surface area contributed by atoms with Crippen molar-refractivity contribution in [1.29, 1.82) is 0 Å². The number of hydrogen-bond acceptors (Lipinski definition) is 6. The van der Waals surface area contributed by atoms with Gasteiger partial charge in [0, 0.05) is 42.2 Å². The van der Waals surface area contributed by atoms with E-state index in [-0.39, 0.29) is 35.9 Å². The molecular weight excluding hydrogens is 534 g/mol. The Hall–Kier alpha value is -3.04. The van der Waals surface area contributed by atoms with Crippen LogP contribution in [0, 0.1) is 26.7 Å². The molecule has 2 aromatic rings. The minimum absolute atomic E-state index is 0.00275. The number of nitrogens with zero attached hydrogens (tertiary/aromatic N) is 1. The van der Waals surface area contributed by atoms with E-state index in [4.69, 9.17) is 21.1 Å². The van der Waals surface area contributed by atoms with Crippen LogP contribution in [0.5, 0.6) is 11.5 Å². The normalized spacial score (nSPS) is 24.6. The molecule has 0 saturated heterocycles. The number of aryl methyl sites for hydroxylation is 2. The van der Waals surface area contributed by atoms with E-state index in [0.29, 0.717) is 52.6 Å². The van der Waals surface area contributed by atoms with Crippen molar-refractivity contribution in [2.24, 2.45) is 5.92 Å². The van der Waals surface area contributed by atoms with Gasteiger partial charge in [-0.05, 0) is 76.5 Å². The molecule has 40 heavy (non-hydrogen) atoms. The van der Waals surface area contributed by atoms with Crippen molar-refractivity contribution >= 4 is 23.4 Å². The third-order valence-corrected chi connectivity index (χ3v) is 9.18. The number of fused-ring (bicyclic) bond motifs is 2. The molecule has 10 heteroatoms. The van der Waals surface area contributed by atoms with Gasteiger partial charge in [-0.2, -0.15) is 0 Å². The molecule has 2 atom stereocenters. The number of aromatic amines is 1. The lowest BCUT2D eigenvalue weighted by Gasteiger charge is -2.37. The number of halogens is 1. The molecular formula is C30H38ClN3O6. The number of carbonyl (C=O) groups is 2. The Morgan fingerprint density at radius 2 is 1.88 bits per heavy atom. The summed E-state index contributed by atoms with van der Waals surface area (Å²) in [7, 11) is 0. The standard InChI is InChI=1S/C30H38ClN3O6/c1-6-22(35)28(37)33-19-9-7-18(8-10-19)30(5)39-25-17(4)23-20(24(31)26(25)40-30)11-12-34(29(23)38)14-21-15(2)13-16(3)32-27(21)36/h13,18-19,22,35H,6-12,14H2,1-5H3,(H,32,36)(H,33,37)/t18?,19?,22-,30?/m0/s1. The summed E-state index contributed by atoms with van der Waals surface area (Å²) in [6, 6.07) is 1.92. The molecule has 216 valence electrons. The number of nitrogens with one attached hydrogen (secondary N) is 2. The lowest BCUT2D eigenvalue weighted by atomic mass is 9.81. The second kappa shape index (κ2) is 10.7. The lowest BCUT2D eigenvalue weighted by molar-refractivity contribution is -0.132. The molecule has 1 fully saturated rings. The highest BCUT2D eigenvalue weighted by molar-refractivity contribution is 6.34. The summed E-state index contributed by atoms with van der Waals surface area (Å²) in [5.41, 5.74) is 4.00. The summed E-state index contributed by atoms with van der Waals surface area (Å²) < 4.78 is 12.9. The molecule has 2 aliphatic heterocycles. The number of aliphatic hydroxyl groups excluding tert-OH is 1. The predicted octanol–water partition coefficient (Wildman–Crippen LogP) is 4.09. The maximum Gasteiger partial charge on any atom is 0.254 e. The van der Waals surface area contributed by atoms with Crippen LogP contribution in [0.3, 0.4) is 0 Å². The van der Waals surface area contributed by atoms with Gasteiger partial charge in [0.05, 0.1) is 17.1 Å². The van der Waals surface area contributed by atoms with Crippen LogP contribution in [-0.4, -0.2) is 51.3 Å². The molecule has 3 heterocycles.